The molecular formula is C18H23NO2. The number of benzene rings is 2. The molecule has 3 heteroatoms. The summed E-state index contributed by atoms with van der Waals surface area (Å²) in [5, 5.41) is 0. The molecule has 0 saturated carbocycles. The van der Waals surface area contributed by atoms with Gasteiger partial charge in [0.15, 0.2) is 11.5 Å². The van der Waals surface area contributed by atoms with Gasteiger partial charge in [0.2, 0.25) is 0 Å². The Balaban J connectivity index is 2.13. The van der Waals surface area contributed by atoms with Gasteiger partial charge in [-0.3, -0.25) is 0 Å². The highest BCUT2D eigenvalue weighted by Crippen LogP contribution is 2.29. The highest BCUT2D eigenvalue weighted by atomic mass is 16.5. The zero-order valence-corrected chi connectivity index (χ0v) is 13.0. The fraction of sp³-hybridized carbons (Fsp3) is 0.333. The molecule has 0 bridgehead atoms. The minimum absolute atomic E-state index is 0.531. The first kappa shape index (κ1) is 15.4. The second kappa shape index (κ2) is 7.14. The number of ether oxygens (including phenoxy) is 2. The third kappa shape index (κ3) is 3.99. The second-order valence-electron chi connectivity index (χ2n) is 5.23. The molecule has 0 saturated heterocycles. The van der Waals surface area contributed by atoms with Crippen molar-refractivity contribution in [3.05, 3.63) is 58.7 Å². The van der Waals surface area contributed by atoms with Crippen LogP contribution in [0.3, 0.4) is 0 Å². The van der Waals surface area contributed by atoms with Gasteiger partial charge in [-0.1, -0.05) is 24.3 Å². The summed E-state index contributed by atoms with van der Waals surface area (Å²) in [6.07, 6.45) is 0.837. The highest BCUT2D eigenvalue weighted by Gasteiger charge is 2.06. The van der Waals surface area contributed by atoms with Crippen LogP contribution in [0, 0.1) is 13.8 Å². The van der Waals surface area contributed by atoms with E-state index in [0.29, 0.717) is 13.2 Å². The molecule has 2 aromatic rings. The van der Waals surface area contributed by atoms with E-state index in [4.69, 9.17) is 15.2 Å². The molecule has 2 rings (SSSR count). The molecule has 0 radical (unpaired) electrons. The number of rotatable bonds is 6. The number of methoxy groups -OCH3 is 1. The third-order valence-electron chi connectivity index (χ3n) is 3.63. The Labute approximate surface area is 126 Å². The molecule has 0 heterocycles. The lowest BCUT2D eigenvalue weighted by Crippen LogP contribution is -2.04. The largest absolute Gasteiger partial charge is 0.493 e. The summed E-state index contributed by atoms with van der Waals surface area (Å²) in [5.41, 5.74) is 10.5. The standard InChI is InChI=1S/C18H23NO2/c1-13-4-5-16(10-14(13)2)12-21-18-11-15(8-9-19)6-7-17(18)20-3/h4-7,10-11H,8-9,12,19H2,1-3H3. The maximum absolute atomic E-state index is 5.93. The van der Waals surface area contributed by atoms with E-state index in [1.165, 1.54) is 11.1 Å². The summed E-state index contributed by atoms with van der Waals surface area (Å²) in [5.74, 6) is 1.52. The lowest BCUT2D eigenvalue weighted by molar-refractivity contribution is 0.284. The number of hydrogen-bond acceptors (Lipinski definition) is 3. The minimum atomic E-state index is 0.531. The van der Waals surface area contributed by atoms with Crippen LogP contribution in [0.15, 0.2) is 36.4 Å². The fourth-order valence-electron chi connectivity index (χ4n) is 2.21. The second-order valence-corrected chi connectivity index (χ2v) is 5.23. The van der Waals surface area contributed by atoms with Crippen LogP contribution in [-0.4, -0.2) is 13.7 Å². The van der Waals surface area contributed by atoms with E-state index in [1.807, 2.05) is 18.2 Å². The van der Waals surface area contributed by atoms with Crippen LogP contribution in [0.5, 0.6) is 11.5 Å². The SMILES string of the molecule is COc1ccc(CCN)cc1OCc1ccc(C)c(C)c1. The Morgan fingerprint density at radius 2 is 1.67 bits per heavy atom. The van der Waals surface area contributed by atoms with E-state index in [9.17, 15) is 0 Å². The monoisotopic (exact) mass is 285 g/mol. The van der Waals surface area contributed by atoms with E-state index < -0.39 is 0 Å². The zero-order valence-electron chi connectivity index (χ0n) is 13.0. The van der Waals surface area contributed by atoms with Crippen LogP contribution >= 0.6 is 0 Å². The van der Waals surface area contributed by atoms with Crippen LogP contribution in [0.2, 0.25) is 0 Å². The van der Waals surface area contributed by atoms with Gasteiger partial charge < -0.3 is 15.2 Å². The molecule has 3 nitrogen and oxygen atoms in total. The first-order valence-electron chi connectivity index (χ1n) is 7.20. The molecule has 0 aromatic heterocycles. The molecular weight excluding hydrogens is 262 g/mol. The molecule has 0 aliphatic rings. The van der Waals surface area contributed by atoms with Gasteiger partial charge in [0.25, 0.3) is 0 Å². The molecule has 0 fully saturated rings. The molecule has 2 N–H and O–H groups in total. The van der Waals surface area contributed by atoms with Gasteiger partial charge in [0.1, 0.15) is 6.61 Å². The van der Waals surface area contributed by atoms with E-state index in [-0.39, 0.29) is 0 Å². The van der Waals surface area contributed by atoms with Gasteiger partial charge in [0, 0.05) is 0 Å². The van der Waals surface area contributed by atoms with Crippen LogP contribution in [-0.2, 0) is 13.0 Å². The average molecular weight is 285 g/mol. The van der Waals surface area contributed by atoms with Crippen LogP contribution in [0.25, 0.3) is 0 Å². The van der Waals surface area contributed by atoms with Crippen molar-refractivity contribution in [3.63, 3.8) is 0 Å². The predicted molar refractivity (Wildman–Crippen MR) is 86.0 cm³/mol. The van der Waals surface area contributed by atoms with Gasteiger partial charge in [-0.05, 0) is 61.2 Å². The maximum Gasteiger partial charge on any atom is 0.161 e. The predicted octanol–water partition coefficient (Wildman–Crippen LogP) is 3.39. The smallest absolute Gasteiger partial charge is 0.161 e. The Hall–Kier alpha value is -2.00. The van der Waals surface area contributed by atoms with Crippen LogP contribution < -0.4 is 15.2 Å². The average Bonchev–Trinajstić information content (AvgIpc) is 2.49. The van der Waals surface area contributed by atoms with Crippen LogP contribution in [0.1, 0.15) is 22.3 Å². The number of aryl methyl sites for hydroxylation is 2. The molecule has 0 amide bonds. The summed E-state index contributed by atoms with van der Waals surface area (Å²) in [4.78, 5) is 0. The van der Waals surface area contributed by atoms with Gasteiger partial charge in [-0.2, -0.15) is 0 Å². The summed E-state index contributed by atoms with van der Waals surface area (Å²) >= 11 is 0. The summed E-state index contributed by atoms with van der Waals surface area (Å²) < 4.78 is 11.3. The first-order chi connectivity index (χ1) is 10.1. The maximum atomic E-state index is 5.93. The van der Waals surface area contributed by atoms with Gasteiger partial charge in [0.05, 0.1) is 7.11 Å². The summed E-state index contributed by atoms with van der Waals surface area (Å²) in [7, 11) is 1.65. The molecule has 0 aliphatic carbocycles. The van der Waals surface area contributed by atoms with Crippen molar-refractivity contribution in [3.8, 4) is 11.5 Å². The topological polar surface area (TPSA) is 44.5 Å². The van der Waals surface area contributed by atoms with Gasteiger partial charge in [-0.25, -0.2) is 0 Å². The van der Waals surface area contributed by atoms with Crippen molar-refractivity contribution < 1.29 is 9.47 Å². The molecule has 0 unspecified atom stereocenters. The molecule has 0 spiro atoms. The quantitative estimate of drug-likeness (QED) is 0.884. The molecule has 2 aromatic carbocycles. The Morgan fingerprint density at radius 1 is 0.905 bits per heavy atom. The molecule has 0 atom stereocenters. The third-order valence-corrected chi connectivity index (χ3v) is 3.63. The highest BCUT2D eigenvalue weighted by molar-refractivity contribution is 5.43. The van der Waals surface area contributed by atoms with E-state index in [1.54, 1.807) is 7.11 Å². The van der Waals surface area contributed by atoms with E-state index >= 15 is 0 Å². The van der Waals surface area contributed by atoms with Gasteiger partial charge >= 0.3 is 0 Å². The Bertz CT molecular complexity index is 608. The number of hydrogen-bond donors (Lipinski definition) is 1. The zero-order chi connectivity index (χ0) is 15.2. The van der Waals surface area contributed by atoms with Gasteiger partial charge in [-0.15, -0.1) is 0 Å². The van der Waals surface area contributed by atoms with E-state index in [2.05, 4.69) is 32.0 Å². The van der Waals surface area contributed by atoms with Crippen molar-refractivity contribution in [1.82, 2.24) is 0 Å². The Kier molecular flexibility index (Phi) is 5.23. The number of nitrogens with two attached hydrogens (primary N) is 1. The molecule has 0 aliphatic heterocycles. The van der Waals surface area contributed by atoms with Crippen molar-refractivity contribution in [1.29, 1.82) is 0 Å². The summed E-state index contributed by atoms with van der Waals surface area (Å²) in [6, 6.07) is 12.3. The van der Waals surface area contributed by atoms with E-state index in [0.717, 1.165) is 29.0 Å². The first-order valence-corrected chi connectivity index (χ1v) is 7.20. The lowest BCUT2D eigenvalue weighted by Gasteiger charge is -2.13. The fourth-order valence-corrected chi connectivity index (χ4v) is 2.21. The lowest BCUT2D eigenvalue weighted by atomic mass is 10.1. The van der Waals surface area contributed by atoms with Crippen molar-refractivity contribution in [2.45, 2.75) is 26.9 Å². The van der Waals surface area contributed by atoms with Crippen molar-refractivity contribution in [2.24, 2.45) is 5.73 Å². The molecule has 112 valence electrons. The molecule has 21 heavy (non-hydrogen) atoms. The minimum Gasteiger partial charge on any atom is -0.493 e. The van der Waals surface area contributed by atoms with Crippen molar-refractivity contribution in [2.75, 3.05) is 13.7 Å². The van der Waals surface area contributed by atoms with Crippen LogP contribution in [0.4, 0.5) is 0 Å². The normalized spacial score (nSPS) is 10.5. The summed E-state index contributed by atoms with van der Waals surface area (Å²) in [6.45, 7) is 5.38. The van der Waals surface area contributed by atoms with Crippen molar-refractivity contribution >= 4 is 0 Å². The Morgan fingerprint density at radius 3 is 2.33 bits per heavy atom.